The van der Waals surface area contributed by atoms with Crippen LogP contribution < -0.4 is 10.6 Å². The van der Waals surface area contributed by atoms with E-state index >= 15 is 0 Å². The van der Waals surface area contributed by atoms with Crippen LogP contribution in [0.25, 0.3) is 11.0 Å². The summed E-state index contributed by atoms with van der Waals surface area (Å²) in [5.74, 6) is -0.0530. The topological polar surface area (TPSA) is 90.9 Å². The van der Waals surface area contributed by atoms with Crippen LogP contribution in [0.3, 0.4) is 0 Å². The van der Waals surface area contributed by atoms with Gasteiger partial charge in [-0.25, -0.2) is 14.2 Å². The third kappa shape index (κ3) is 5.37. The number of pyridine rings is 2. The fourth-order valence-electron chi connectivity index (χ4n) is 5.42. The molecule has 0 amide bonds. The van der Waals surface area contributed by atoms with Gasteiger partial charge in [0.1, 0.15) is 23.1 Å². The zero-order valence-electron chi connectivity index (χ0n) is 22.6. The molecule has 12 heteroatoms. The van der Waals surface area contributed by atoms with Gasteiger partial charge in [0.05, 0.1) is 22.8 Å². The van der Waals surface area contributed by atoms with Crippen LogP contribution >= 0.6 is 0 Å². The van der Waals surface area contributed by atoms with Crippen molar-refractivity contribution in [1.82, 2.24) is 24.4 Å². The van der Waals surface area contributed by atoms with Crippen LogP contribution in [0.5, 0.6) is 0 Å². The lowest BCUT2D eigenvalue weighted by Gasteiger charge is -2.48. The van der Waals surface area contributed by atoms with E-state index in [9.17, 15) is 27.6 Å². The predicted octanol–water partition coefficient (Wildman–Crippen LogP) is 4.83. The van der Waals surface area contributed by atoms with Crippen molar-refractivity contribution in [3.63, 3.8) is 0 Å². The number of piperazine rings is 1. The molecule has 1 aromatic carbocycles. The van der Waals surface area contributed by atoms with Crippen LogP contribution in [0.4, 0.5) is 23.4 Å². The van der Waals surface area contributed by atoms with Crippen molar-refractivity contribution in [2.24, 2.45) is 7.05 Å². The molecule has 0 bridgehead atoms. The molecule has 0 radical (unpaired) electrons. The number of fused-ring (bicyclic) bond motifs is 1. The molecule has 0 N–H and O–H groups in total. The highest BCUT2D eigenvalue weighted by molar-refractivity contribution is 5.86. The van der Waals surface area contributed by atoms with Crippen molar-refractivity contribution in [2.45, 2.75) is 44.6 Å². The van der Waals surface area contributed by atoms with Crippen molar-refractivity contribution < 1.29 is 17.6 Å². The number of aryl methyl sites for hydroxylation is 1. The first-order chi connectivity index (χ1) is 19.5. The van der Waals surface area contributed by atoms with Gasteiger partial charge in [-0.05, 0) is 55.3 Å². The Kier molecular flexibility index (Phi) is 7.48. The summed E-state index contributed by atoms with van der Waals surface area (Å²) in [5, 5.41) is 9.43. The summed E-state index contributed by atoms with van der Waals surface area (Å²) < 4.78 is 55.1. The van der Waals surface area contributed by atoms with E-state index in [0.29, 0.717) is 47.6 Å². The van der Waals surface area contributed by atoms with E-state index < -0.39 is 29.3 Å². The summed E-state index contributed by atoms with van der Waals surface area (Å²) in [4.78, 5) is 29.9. The van der Waals surface area contributed by atoms with Gasteiger partial charge < -0.3 is 4.90 Å². The number of halogens is 4. The zero-order chi connectivity index (χ0) is 29.5. The van der Waals surface area contributed by atoms with Crippen molar-refractivity contribution in [2.75, 3.05) is 18.0 Å². The highest BCUT2D eigenvalue weighted by Crippen LogP contribution is 2.37. The molecule has 0 spiro atoms. The maximum Gasteiger partial charge on any atom is 0.417 e. The van der Waals surface area contributed by atoms with Crippen molar-refractivity contribution in [3.05, 3.63) is 93.5 Å². The van der Waals surface area contributed by atoms with E-state index in [0.717, 1.165) is 12.3 Å². The number of rotatable bonds is 5. The van der Waals surface area contributed by atoms with Gasteiger partial charge in [0.25, 0.3) is 0 Å². The molecule has 0 aliphatic carbocycles. The summed E-state index contributed by atoms with van der Waals surface area (Å²) in [5.41, 5.74) is 0.955. The fourth-order valence-corrected chi connectivity index (χ4v) is 5.42. The Hall–Kier alpha value is -4.37. The molecule has 1 aliphatic rings. The predicted molar refractivity (Wildman–Crippen MR) is 145 cm³/mol. The highest BCUT2D eigenvalue weighted by Gasteiger charge is 2.39. The maximum absolute atomic E-state index is 13.8. The Morgan fingerprint density at radius 3 is 2.41 bits per heavy atom. The minimum Gasteiger partial charge on any atom is -0.349 e. The van der Waals surface area contributed by atoms with Crippen molar-refractivity contribution in [3.8, 4) is 6.07 Å². The summed E-state index contributed by atoms with van der Waals surface area (Å²) in [7, 11) is 1.59. The number of alkyl halides is 3. The lowest BCUT2D eigenvalue weighted by atomic mass is 9.95. The summed E-state index contributed by atoms with van der Waals surface area (Å²) in [6, 6.07) is 12.6. The number of benzene rings is 1. The summed E-state index contributed by atoms with van der Waals surface area (Å²) in [6.07, 6.45) is -3.05. The SMILES string of the molecule is CC[C@@H]1CN(c2nc(=O)n(C)c3ccc(C#N)nc23)[C@@H](C)CN1C(c1ccc(F)cc1)c1ccc(C(F)(F)F)cn1. The summed E-state index contributed by atoms with van der Waals surface area (Å²) >= 11 is 0. The van der Waals surface area contributed by atoms with Gasteiger partial charge in [-0.3, -0.25) is 14.5 Å². The minimum absolute atomic E-state index is 0.148. The Morgan fingerprint density at radius 2 is 1.80 bits per heavy atom. The molecule has 1 saturated heterocycles. The molecular formula is C29H27F4N7O. The normalized spacial score (nSPS) is 18.8. The second kappa shape index (κ2) is 10.9. The van der Waals surface area contributed by atoms with Crippen LogP contribution in [0.15, 0.2) is 59.5 Å². The first-order valence-corrected chi connectivity index (χ1v) is 13.1. The number of aromatic nitrogens is 4. The van der Waals surface area contributed by atoms with Gasteiger partial charge in [0.15, 0.2) is 5.82 Å². The Morgan fingerprint density at radius 1 is 1.07 bits per heavy atom. The first kappa shape index (κ1) is 28.2. The lowest BCUT2D eigenvalue weighted by molar-refractivity contribution is -0.137. The molecule has 1 aliphatic heterocycles. The zero-order valence-corrected chi connectivity index (χ0v) is 22.6. The number of anilines is 1. The molecule has 8 nitrogen and oxygen atoms in total. The van der Waals surface area contributed by atoms with Crippen molar-refractivity contribution >= 4 is 16.9 Å². The minimum atomic E-state index is -4.52. The van der Waals surface area contributed by atoms with Gasteiger partial charge in [-0.1, -0.05) is 19.1 Å². The molecule has 1 fully saturated rings. The molecular weight excluding hydrogens is 538 g/mol. The van der Waals surface area contributed by atoms with Crippen LogP contribution in [0, 0.1) is 17.1 Å². The second-order valence-electron chi connectivity index (χ2n) is 10.1. The highest BCUT2D eigenvalue weighted by atomic mass is 19.4. The number of hydrogen-bond donors (Lipinski definition) is 0. The van der Waals surface area contributed by atoms with Gasteiger partial charge in [0, 0.05) is 38.4 Å². The third-order valence-electron chi connectivity index (χ3n) is 7.59. The van der Waals surface area contributed by atoms with E-state index in [2.05, 4.69) is 19.9 Å². The molecule has 3 aromatic heterocycles. The third-order valence-corrected chi connectivity index (χ3v) is 7.59. The molecule has 0 saturated carbocycles. The van der Waals surface area contributed by atoms with Crippen LogP contribution in [0.2, 0.25) is 0 Å². The Labute approximate surface area is 233 Å². The standard InChI is InChI=1S/C29H27F4N7O/c1-4-22-16-39(27-25-24(38(3)28(41)37-27)12-10-21(13-34)36-25)17(2)15-40(22)26(18-5-8-20(30)9-6-18)23-11-7-19(14-35-23)29(31,32)33/h5-12,14,17,22,26H,4,15-16H2,1-3H3/t17-,22+,26?/m0/s1. The van der Waals surface area contributed by atoms with E-state index in [-0.39, 0.29) is 17.8 Å². The maximum atomic E-state index is 13.8. The van der Waals surface area contributed by atoms with Gasteiger partial charge in [-0.15, -0.1) is 0 Å². The van der Waals surface area contributed by atoms with Crippen LogP contribution in [-0.4, -0.2) is 49.6 Å². The fraction of sp³-hybridized carbons (Fsp3) is 0.345. The molecule has 1 unspecified atom stereocenters. The number of nitriles is 1. The van der Waals surface area contributed by atoms with E-state index in [1.165, 1.54) is 22.8 Å². The smallest absolute Gasteiger partial charge is 0.349 e. The quantitative estimate of drug-likeness (QED) is 0.320. The van der Waals surface area contributed by atoms with E-state index in [1.54, 1.807) is 31.3 Å². The lowest BCUT2D eigenvalue weighted by Crippen LogP contribution is -2.59. The van der Waals surface area contributed by atoms with Crippen LogP contribution in [-0.2, 0) is 13.2 Å². The monoisotopic (exact) mass is 565 g/mol. The average molecular weight is 566 g/mol. The molecule has 4 heterocycles. The molecule has 5 rings (SSSR count). The largest absolute Gasteiger partial charge is 0.417 e. The molecule has 4 aromatic rings. The molecule has 212 valence electrons. The van der Waals surface area contributed by atoms with Gasteiger partial charge in [0.2, 0.25) is 0 Å². The van der Waals surface area contributed by atoms with Gasteiger partial charge in [-0.2, -0.15) is 23.4 Å². The number of nitrogens with zero attached hydrogens (tertiary/aromatic N) is 7. The number of hydrogen-bond acceptors (Lipinski definition) is 7. The average Bonchev–Trinajstić information content (AvgIpc) is 2.96. The molecule has 3 atom stereocenters. The van der Waals surface area contributed by atoms with Gasteiger partial charge >= 0.3 is 11.9 Å². The van der Waals surface area contributed by atoms with E-state index in [4.69, 9.17) is 0 Å². The molecule has 41 heavy (non-hydrogen) atoms. The first-order valence-electron chi connectivity index (χ1n) is 13.1. The van der Waals surface area contributed by atoms with E-state index in [1.807, 2.05) is 24.8 Å². The Balaban J connectivity index is 1.57. The van der Waals surface area contributed by atoms with Crippen LogP contribution in [0.1, 0.15) is 48.8 Å². The Bertz CT molecular complexity index is 1660. The summed E-state index contributed by atoms with van der Waals surface area (Å²) in [6.45, 7) is 4.80. The second-order valence-corrected chi connectivity index (χ2v) is 10.1. The van der Waals surface area contributed by atoms with Crippen molar-refractivity contribution in [1.29, 1.82) is 5.26 Å².